The van der Waals surface area contributed by atoms with Crippen LogP contribution in [0.5, 0.6) is 0 Å². The molecule has 3 heterocycles. The second-order valence-corrected chi connectivity index (χ2v) is 7.99. The second kappa shape index (κ2) is 6.98. The first-order valence-corrected chi connectivity index (χ1v) is 9.58. The van der Waals surface area contributed by atoms with Crippen LogP contribution in [0.3, 0.4) is 0 Å². The molecule has 1 N–H and O–H groups in total. The highest BCUT2D eigenvalue weighted by Crippen LogP contribution is 2.41. The lowest BCUT2D eigenvalue weighted by Gasteiger charge is -2.49. The van der Waals surface area contributed by atoms with Crippen molar-refractivity contribution >= 4 is 11.8 Å². The Hall–Kier alpha value is -1.96. The summed E-state index contributed by atoms with van der Waals surface area (Å²) < 4.78 is 7.20. The van der Waals surface area contributed by atoms with Crippen LogP contribution in [0.15, 0.2) is 6.33 Å². The fourth-order valence-corrected chi connectivity index (χ4v) is 4.19. The first-order chi connectivity index (χ1) is 12.6. The number of amides is 2. The van der Waals surface area contributed by atoms with Crippen molar-refractivity contribution in [2.24, 2.45) is 18.4 Å². The number of rotatable bonds is 4. The smallest absolute Gasteiger partial charge is 0.293 e. The average Bonchev–Trinajstić information content (AvgIpc) is 3.34. The van der Waals surface area contributed by atoms with Crippen LogP contribution in [0.1, 0.15) is 49.1 Å². The number of hydrogen-bond donors (Lipinski definition) is 1. The Morgan fingerprint density at radius 1 is 1.31 bits per heavy atom. The largest absolute Gasteiger partial charge is 0.379 e. The van der Waals surface area contributed by atoms with Crippen LogP contribution in [-0.2, 0) is 16.6 Å². The highest BCUT2D eigenvalue weighted by atomic mass is 16.5. The van der Waals surface area contributed by atoms with Crippen LogP contribution in [-0.4, -0.2) is 63.8 Å². The highest BCUT2D eigenvalue weighted by Gasteiger charge is 2.45. The van der Waals surface area contributed by atoms with Gasteiger partial charge in [-0.1, -0.05) is 0 Å². The minimum absolute atomic E-state index is 0.0335. The van der Waals surface area contributed by atoms with Gasteiger partial charge in [-0.3, -0.25) is 14.3 Å². The van der Waals surface area contributed by atoms with E-state index in [1.807, 2.05) is 4.90 Å². The Morgan fingerprint density at radius 2 is 2.08 bits per heavy atom. The highest BCUT2D eigenvalue weighted by molar-refractivity contribution is 5.90. The third-order valence-electron chi connectivity index (χ3n) is 6.11. The molecule has 1 aromatic heterocycles. The molecule has 26 heavy (non-hydrogen) atoms. The fourth-order valence-electron chi connectivity index (χ4n) is 4.19. The molecular weight excluding hydrogens is 334 g/mol. The molecule has 2 aliphatic heterocycles. The molecule has 3 fully saturated rings. The van der Waals surface area contributed by atoms with E-state index in [1.54, 1.807) is 18.1 Å². The molecule has 1 unspecified atom stereocenters. The van der Waals surface area contributed by atoms with Gasteiger partial charge in [-0.25, -0.2) is 4.98 Å². The summed E-state index contributed by atoms with van der Waals surface area (Å²) in [4.78, 5) is 30.8. The molecule has 2 amide bonds. The van der Waals surface area contributed by atoms with Gasteiger partial charge < -0.3 is 15.0 Å². The van der Waals surface area contributed by atoms with Gasteiger partial charge in [0.1, 0.15) is 6.33 Å². The summed E-state index contributed by atoms with van der Waals surface area (Å²) in [7, 11) is 1.76. The molecular formula is C18H27N5O3. The van der Waals surface area contributed by atoms with Crippen molar-refractivity contribution in [3.63, 3.8) is 0 Å². The monoisotopic (exact) mass is 361 g/mol. The molecule has 1 aliphatic carbocycles. The number of nitrogens with one attached hydrogen (secondary N) is 1. The lowest BCUT2D eigenvalue weighted by atomic mass is 9.69. The van der Waals surface area contributed by atoms with E-state index in [-0.39, 0.29) is 29.1 Å². The Morgan fingerprint density at radius 3 is 2.73 bits per heavy atom. The topological polar surface area (TPSA) is 89.4 Å². The van der Waals surface area contributed by atoms with Gasteiger partial charge in [-0.2, -0.15) is 0 Å². The van der Waals surface area contributed by atoms with Gasteiger partial charge in [0.05, 0.1) is 12.6 Å². The Balaban J connectivity index is 1.38. The van der Waals surface area contributed by atoms with Crippen LogP contribution >= 0.6 is 0 Å². The Kier molecular flexibility index (Phi) is 4.69. The molecule has 142 valence electrons. The predicted octanol–water partition coefficient (Wildman–Crippen LogP) is 0.743. The Bertz CT molecular complexity index is 676. The molecule has 2 saturated heterocycles. The summed E-state index contributed by atoms with van der Waals surface area (Å²) in [5.74, 6) is 0.880. The summed E-state index contributed by atoms with van der Waals surface area (Å²) in [5, 5.41) is 7.35. The van der Waals surface area contributed by atoms with Gasteiger partial charge in [0.25, 0.3) is 5.91 Å². The number of piperidine rings is 1. The SMILES string of the molecule is Cn1cnc(C(=O)N2CCC3(CCOCC3NC(=O)CC3CC3)CC2)n1. The van der Waals surface area contributed by atoms with E-state index in [0.717, 1.165) is 25.9 Å². The number of hydrogen-bond acceptors (Lipinski definition) is 5. The normalized spacial score (nSPS) is 25.3. The zero-order valence-corrected chi connectivity index (χ0v) is 15.3. The summed E-state index contributed by atoms with van der Waals surface area (Å²) >= 11 is 0. The van der Waals surface area contributed by atoms with E-state index >= 15 is 0 Å². The molecule has 0 aromatic carbocycles. The third kappa shape index (κ3) is 3.60. The minimum Gasteiger partial charge on any atom is -0.379 e. The molecule has 8 nitrogen and oxygen atoms in total. The van der Waals surface area contributed by atoms with E-state index < -0.39 is 0 Å². The van der Waals surface area contributed by atoms with E-state index in [0.29, 0.717) is 32.0 Å². The van der Waals surface area contributed by atoms with Crippen LogP contribution < -0.4 is 5.32 Å². The molecule has 1 spiro atoms. The summed E-state index contributed by atoms with van der Waals surface area (Å²) in [5.41, 5.74) is 0.0335. The predicted molar refractivity (Wildman–Crippen MR) is 93.3 cm³/mol. The average molecular weight is 361 g/mol. The molecule has 0 radical (unpaired) electrons. The number of aryl methyl sites for hydroxylation is 1. The van der Waals surface area contributed by atoms with Crippen LogP contribution in [0.2, 0.25) is 0 Å². The maximum Gasteiger partial charge on any atom is 0.293 e. The van der Waals surface area contributed by atoms with Gasteiger partial charge >= 0.3 is 0 Å². The molecule has 8 heteroatoms. The zero-order chi connectivity index (χ0) is 18.1. The molecule has 1 atom stereocenters. The first-order valence-electron chi connectivity index (χ1n) is 9.58. The lowest BCUT2D eigenvalue weighted by Crippen LogP contribution is -2.58. The van der Waals surface area contributed by atoms with Crippen molar-refractivity contribution in [1.82, 2.24) is 25.0 Å². The van der Waals surface area contributed by atoms with Gasteiger partial charge in [-0.05, 0) is 43.4 Å². The molecule has 1 aromatic rings. The van der Waals surface area contributed by atoms with Gasteiger partial charge in [0, 0.05) is 33.2 Å². The number of carbonyl (C=O) groups is 2. The number of likely N-dealkylation sites (tertiary alicyclic amines) is 1. The standard InChI is InChI=1S/C18H27N5O3/c1-22-12-19-16(21-22)17(25)23-7-4-18(5-8-23)6-9-26-11-14(18)20-15(24)10-13-2-3-13/h12-14H,2-11H2,1H3,(H,20,24). The van der Waals surface area contributed by atoms with Crippen molar-refractivity contribution in [3.05, 3.63) is 12.2 Å². The molecule has 1 saturated carbocycles. The molecule has 4 rings (SSSR count). The van der Waals surface area contributed by atoms with Crippen molar-refractivity contribution in [2.75, 3.05) is 26.3 Å². The maximum atomic E-state index is 12.6. The first kappa shape index (κ1) is 17.5. The number of nitrogens with zero attached hydrogens (tertiary/aromatic N) is 4. The van der Waals surface area contributed by atoms with Crippen LogP contribution in [0.25, 0.3) is 0 Å². The van der Waals surface area contributed by atoms with E-state index in [1.165, 1.54) is 12.8 Å². The zero-order valence-electron chi connectivity index (χ0n) is 15.3. The summed E-state index contributed by atoms with van der Waals surface area (Å²) in [6.07, 6.45) is 7.24. The van der Waals surface area contributed by atoms with Crippen molar-refractivity contribution in [1.29, 1.82) is 0 Å². The van der Waals surface area contributed by atoms with Crippen LogP contribution in [0.4, 0.5) is 0 Å². The van der Waals surface area contributed by atoms with Gasteiger partial charge in [0.15, 0.2) is 0 Å². The Labute approximate surface area is 153 Å². The number of carbonyl (C=O) groups excluding carboxylic acids is 2. The second-order valence-electron chi connectivity index (χ2n) is 7.99. The van der Waals surface area contributed by atoms with Crippen molar-refractivity contribution < 1.29 is 14.3 Å². The van der Waals surface area contributed by atoms with E-state index in [4.69, 9.17) is 4.74 Å². The van der Waals surface area contributed by atoms with Crippen LogP contribution in [0, 0.1) is 11.3 Å². The fraction of sp³-hybridized carbons (Fsp3) is 0.778. The van der Waals surface area contributed by atoms with E-state index in [2.05, 4.69) is 15.4 Å². The quantitative estimate of drug-likeness (QED) is 0.854. The van der Waals surface area contributed by atoms with E-state index in [9.17, 15) is 9.59 Å². The molecule has 3 aliphatic rings. The number of aromatic nitrogens is 3. The van der Waals surface area contributed by atoms with Gasteiger partial charge in [0.2, 0.25) is 11.7 Å². The maximum absolute atomic E-state index is 12.6. The number of ether oxygens (including phenoxy) is 1. The minimum atomic E-state index is -0.109. The van der Waals surface area contributed by atoms with Crippen molar-refractivity contribution in [2.45, 2.75) is 44.6 Å². The third-order valence-corrected chi connectivity index (χ3v) is 6.11. The van der Waals surface area contributed by atoms with Gasteiger partial charge in [-0.15, -0.1) is 5.10 Å². The summed E-state index contributed by atoms with van der Waals surface area (Å²) in [6.45, 7) is 2.65. The lowest BCUT2D eigenvalue weighted by molar-refractivity contribution is -0.126. The summed E-state index contributed by atoms with van der Waals surface area (Å²) in [6, 6.07) is 0.0488. The van der Waals surface area contributed by atoms with Crippen molar-refractivity contribution in [3.8, 4) is 0 Å². The molecule has 0 bridgehead atoms.